The number of carbonyl (C=O) groups excluding carboxylic acids is 1. The summed E-state index contributed by atoms with van der Waals surface area (Å²) in [5.41, 5.74) is 0.188. The van der Waals surface area contributed by atoms with E-state index in [2.05, 4.69) is 64.6 Å². The third-order valence-corrected chi connectivity index (χ3v) is 7.66. The second-order valence-electron chi connectivity index (χ2n) is 8.78. The van der Waals surface area contributed by atoms with Gasteiger partial charge in [0.15, 0.2) is 0 Å². The summed E-state index contributed by atoms with van der Waals surface area (Å²) in [6.45, 7) is 18.2. The Kier molecular flexibility index (Phi) is 4.64. The maximum atomic E-state index is 12.7. The topological polar surface area (TPSA) is 17.1 Å². The summed E-state index contributed by atoms with van der Waals surface area (Å²) in [6.07, 6.45) is 1.80. The molecule has 0 heterocycles. The molecule has 0 amide bonds. The fourth-order valence-corrected chi connectivity index (χ4v) is 4.33. The molecule has 0 spiro atoms. The second-order valence-corrected chi connectivity index (χ2v) is 9.69. The smallest absolute Gasteiger partial charge is 0.137 e. The van der Waals surface area contributed by atoms with Crippen molar-refractivity contribution in [1.82, 2.24) is 0 Å². The third kappa shape index (κ3) is 2.92. The quantitative estimate of drug-likeness (QED) is 0.623. The van der Waals surface area contributed by atoms with Crippen LogP contribution in [0.2, 0.25) is 0 Å². The van der Waals surface area contributed by atoms with E-state index in [0.717, 1.165) is 12.8 Å². The van der Waals surface area contributed by atoms with Gasteiger partial charge >= 0.3 is 0 Å². The molecule has 1 rings (SSSR count). The number of carbonyl (C=O) groups is 1. The van der Waals surface area contributed by atoms with Crippen LogP contribution in [0.3, 0.4) is 0 Å². The largest absolute Gasteiger partial charge is 0.299 e. The lowest BCUT2D eigenvalue weighted by Gasteiger charge is -2.57. The van der Waals surface area contributed by atoms with E-state index in [1.165, 1.54) is 0 Å². The molecule has 1 aliphatic rings. The van der Waals surface area contributed by atoms with E-state index in [0.29, 0.717) is 17.6 Å². The lowest BCUT2D eigenvalue weighted by molar-refractivity contribution is -0.132. The van der Waals surface area contributed by atoms with Gasteiger partial charge < -0.3 is 0 Å². The molecule has 1 saturated carbocycles. The van der Waals surface area contributed by atoms with Gasteiger partial charge in [-0.2, -0.15) is 0 Å². The van der Waals surface area contributed by atoms with E-state index in [4.69, 9.17) is 0 Å². The van der Waals surface area contributed by atoms with Crippen molar-refractivity contribution in [3.8, 4) is 0 Å². The summed E-state index contributed by atoms with van der Waals surface area (Å²) in [5, 5.41) is -0.0501. The third-order valence-electron chi connectivity index (χ3n) is 5.52. The maximum absolute atomic E-state index is 12.7. The van der Waals surface area contributed by atoms with Crippen molar-refractivity contribution in [2.24, 2.45) is 28.6 Å². The van der Waals surface area contributed by atoms with E-state index < -0.39 is 0 Å². The van der Waals surface area contributed by atoms with Crippen LogP contribution >= 0.6 is 9.24 Å². The summed E-state index contributed by atoms with van der Waals surface area (Å²) in [5.74, 6) is 1.83. The van der Waals surface area contributed by atoms with E-state index in [9.17, 15) is 4.79 Å². The monoisotopic (exact) mass is 284 g/mol. The first kappa shape index (κ1) is 17.2. The standard InChI is InChI=1S/C17H33OP/c1-11-9-13(14(18)10-12(11)2)17(19,15(3,4)5)16(6,7)8/h11-13H,9-10,19H2,1-8H3. The van der Waals surface area contributed by atoms with E-state index in [1.807, 2.05) is 0 Å². The lowest BCUT2D eigenvalue weighted by atomic mass is 9.55. The molecule has 0 aliphatic heterocycles. The minimum absolute atomic E-state index is 0.0501. The van der Waals surface area contributed by atoms with Crippen LogP contribution < -0.4 is 0 Å². The number of rotatable bonds is 1. The van der Waals surface area contributed by atoms with Gasteiger partial charge in [0.1, 0.15) is 5.78 Å². The summed E-state index contributed by atoms with van der Waals surface area (Å²) < 4.78 is 0. The zero-order valence-corrected chi connectivity index (χ0v) is 15.3. The van der Waals surface area contributed by atoms with Crippen LogP contribution in [-0.4, -0.2) is 10.9 Å². The van der Waals surface area contributed by atoms with Gasteiger partial charge in [-0.3, -0.25) is 4.79 Å². The fraction of sp³-hybridized carbons (Fsp3) is 0.941. The molecule has 0 aromatic heterocycles. The highest BCUT2D eigenvalue weighted by Gasteiger charge is 2.55. The van der Waals surface area contributed by atoms with Crippen LogP contribution in [0.1, 0.15) is 68.2 Å². The van der Waals surface area contributed by atoms with Crippen molar-refractivity contribution >= 4 is 15.0 Å². The van der Waals surface area contributed by atoms with Crippen LogP contribution in [0.25, 0.3) is 0 Å². The minimum atomic E-state index is -0.0501. The van der Waals surface area contributed by atoms with Crippen LogP contribution in [0, 0.1) is 28.6 Å². The van der Waals surface area contributed by atoms with Crippen LogP contribution in [0.5, 0.6) is 0 Å². The molecule has 1 nitrogen and oxygen atoms in total. The summed E-state index contributed by atoms with van der Waals surface area (Å²) in [4.78, 5) is 12.7. The Bertz CT molecular complexity index is 331. The molecule has 0 radical (unpaired) electrons. The van der Waals surface area contributed by atoms with Crippen LogP contribution in [0.15, 0.2) is 0 Å². The van der Waals surface area contributed by atoms with Gasteiger partial charge in [-0.1, -0.05) is 55.4 Å². The first-order valence-electron chi connectivity index (χ1n) is 7.64. The molecule has 4 atom stereocenters. The SMILES string of the molecule is CC1CC(=O)C(C(P)(C(C)(C)C)C(C)(C)C)CC1C. The molecule has 4 unspecified atom stereocenters. The Balaban J connectivity index is 3.24. The summed E-state index contributed by atoms with van der Waals surface area (Å²) in [7, 11) is 3.11. The normalized spacial score (nSPS) is 30.6. The number of Topliss-reactive ketones (excluding diaryl/α,β-unsaturated/α-hetero) is 1. The summed E-state index contributed by atoms with van der Waals surface area (Å²) in [6, 6.07) is 0. The molecule has 0 bridgehead atoms. The van der Waals surface area contributed by atoms with Crippen molar-refractivity contribution in [1.29, 1.82) is 0 Å². The molecule has 0 aromatic rings. The molecular weight excluding hydrogens is 251 g/mol. The van der Waals surface area contributed by atoms with Gasteiger partial charge in [0.25, 0.3) is 0 Å². The number of hydrogen-bond acceptors (Lipinski definition) is 1. The molecule has 0 N–H and O–H groups in total. The fourth-order valence-electron chi connectivity index (χ4n) is 4.01. The van der Waals surface area contributed by atoms with E-state index in [-0.39, 0.29) is 21.9 Å². The second kappa shape index (κ2) is 5.14. The van der Waals surface area contributed by atoms with Gasteiger partial charge in [0.05, 0.1) is 0 Å². The molecular formula is C17H33OP. The van der Waals surface area contributed by atoms with Crippen molar-refractivity contribution in [3.63, 3.8) is 0 Å². The van der Waals surface area contributed by atoms with Gasteiger partial charge in [-0.25, -0.2) is 0 Å². The first-order chi connectivity index (χ1) is 8.32. The number of ketones is 1. The summed E-state index contributed by atoms with van der Waals surface area (Å²) >= 11 is 0. The Morgan fingerprint density at radius 3 is 1.74 bits per heavy atom. The zero-order chi connectivity index (χ0) is 15.2. The maximum Gasteiger partial charge on any atom is 0.137 e. The molecule has 0 aromatic carbocycles. The Hall–Kier alpha value is 0.100. The van der Waals surface area contributed by atoms with Crippen molar-refractivity contribution in [2.75, 3.05) is 0 Å². The van der Waals surface area contributed by atoms with Crippen LogP contribution in [0.4, 0.5) is 0 Å². The van der Waals surface area contributed by atoms with Gasteiger partial charge in [0.2, 0.25) is 0 Å². The Morgan fingerprint density at radius 2 is 1.37 bits per heavy atom. The molecule has 2 heteroatoms. The van der Waals surface area contributed by atoms with Crippen molar-refractivity contribution < 1.29 is 4.79 Å². The highest BCUT2D eigenvalue weighted by atomic mass is 31.0. The average Bonchev–Trinajstić information content (AvgIpc) is 2.19. The van der Waals surface area contributed by atoms with Crippen molar-refractivity contribution in [2.45, 2.75) is 73.4 Å². The highest BCUT2D eigenvalue weighted by molar-refractivity contribution is 7.19. The minimum Gasteiger partial charge on any atom is -0.299 e. The average molecular weight is 284 g/mol. The molecule has 1 aliphatic carbocycles. The van der Waals surface area contributed by atoms with Crippen LogP contribution in [-0.2, 0) is 4.79 Å². The van der Waals surface area contributed by atoms with E-state index in [1.54, 1.807) is 0 Å². The molecule has 0 saturated heterocycles. The molecule has 112 valence electrons. The zero-order valence-electron chi connectivity index (χ0n) is 14.1. The van der Waals surface area contributed by atoms with Gasteiger partial charge in [-0.15, -0.1) is 9.24 Å². The van der Waals surface area contributed by atoms with Gasteiger partial charge in [-0.05, 0) is 29.1 Å². The predicted octanol–water partition coefficient (Wildman–Crippen LogP) is 4.94. The Labute approximate surface area is 122 Å². The number of hydrogen-bond donors (Lipinski definition) is 0. The molecule has 19 heavy (non-hydrogen) atoms. The van der Waals surface area contributed by atoms with Crippen molar-refractivity contribution in [3.05, 3.63) is 0 Å². The predicted molar refractivity (Wildman–Crippen MR) is 87.4 cm³/mol. The molecule has 1 fully saturated rings. The van der Waals surface area contributed by atoms with E-state index >= 15 is 0 Å². The first-order valence-corrected chi connectivity index (χ1v) is 8.21. The lowest BCUT2D eigenvalue weighted by Crippen LogP contribution is -2.57. The Morgan fingerprint density at radius 1 is 0.947 bits per heavy atom. The van der Waals surface area contributed by atoms with Gasteiger partial charge in [0, 0.05) is 17.5 Å². The highest BCUT2D eigenvalue weighted by Crippen LogP contribution is 2.58.